The van der Waals surface area contributed by atoms with Gasteiger partial charge in [-0.25, -0.2) is 4.79 Å². The van der Waals surface area contributed by atoms with Gasteiger partial charge in [0, 0.05) is 7.60 Å². The number of rotatable bonds is 1. The van der Waals surface area contributed by atoms with E-state index in [2.05, 4.69) is 0 Å². The molecule has 5 nitrogen and oxygen atoms in total. The van der Waals surface area contributed by atoms with E-state index in [0.717, 1.165) is 0 Å². The number of hydrogen-bond acceptors (Lipinski definition) is 4. The first-order valence-corrected chi connectivity index (χ1v) is 2.74. The van der Waals surface area contributed by atoms with Crippen molar-refractivity contribution in [3.8, 4) is 0 Å². The Morgan fingerprint density at radius 1 is 1.20 bits per heavy atom. The predicted octanol–water partition coefficient (Wildman–Crippen LogP) is -10.4. The zero-order valence-corrected chi connectivity index (χ0v) is 12.9. The van der Waals surface area contributed by atoms with Crippen molar-refractivity contribution < 1.29 is 113 Å². The maximum Gasteiger partial charge on any atom is 1.00 e. The zero-order chi connectivity index (χ0) is 6.08. The van der Waals surface area contributed by atoms with Crippen molar-refractivity contribution in [1.29, 1.82) is 0 Å². The second-order valence-corrected chi connectivity index (χ2v) is 2.16. The second-order valence-electron chi connectivity index (χ2n) is 0.780. The van der Waals surface area contributed by atoms with Crippen LogP contribution in [0.3, 0.4) is 0 Å². The minimum Gasteiger partial charge on any atom is -0.803 e. The maximum atomic E-state index is 9.20. The van der Waals surface area contributed by atoms with Crippen molar-refractivity contribution in [2.75, 3.05) is 0 Å². The average molecular weight is 193 g/mol. The quantitative estimate of drug-likeness (QED) is 0.329. The van der Waals surface area contributed by atoms with Crippen molar-refractivity contribution in [3.05, 3.63) is 0 Å². The van der Waals surface area contributed by atoms with E-state index >= 15 is 0 Å². The van der Waals surface area contributed by atoms with Gasteiger partial charge in [-0.15, -0.1) is 0 Å². The van der Waals surface area contributed by atoms with Crippen LogP contribution in [0.15, 0.2) is 0 Å². The number of carbonyl (C=O) groups is 1. The molecule has 0 atom stereocenters. The van der Waals surface area contributed by atoms with Crippen LogP contribution in [0.25, 0.3) is 0 Å². The Kier molecular flexibility index (Phi) is 22.3. The smallest absolute Gasteiger partial charge is 0.803 e. The molecule has 0 aliphatic heterocycles. The molecule has 0 saturated heterocycles. The molecule has 0 aliphatic rings. The fraction of sp³-hybridized carbons (Fsp3) is 0. The summed E-state index contributed by atoms with van der Waals surface area (Å²) in [6.07, 6.45) is 0. The minimum atomic E-state index is -5.32. The van der Waals surface area contributed by atoms with E-state index in [1.165, 1.54) is 0 Å². The summed E-state index contributed by atoms with van der Waals surface area (Å²) in [4.78, 5) is 27.5. The number of carboxylic acid groups (broad SMARTS) is 1. The first kappa shape index (κ1) is 22.9. The van der Waals surface area contributed by atoms with Gasteiger partial charge in [-0.2, -0.15) is 0 Å². The molecule has 0 spiro atoms. The van der Waals surface area contributed by atoms with Gasteiger partial charge in [0.05, 0.1) is 0 Å². The molecule has 0 bridgehead atoms. The summed E-state index contributed by atoms with van der Waals surface area (Å²) in [7, 11) is -5.32. The molecule has 0 aromatic heterocycles. The summed E-state index contributed by atoms with van der Waals surface area (Å²) in [5, 5.41) is 7.36. The van der Waals surface area contributed by atoms with Crippen LogP contribution in [-0.4, -0.2) is 10.8 Å². The van der Waals surface area contributed by atoms with Gasteiger partial charge in [-0.3, -0.25) is 0 Å². The second kappa shape index (κ2) is 9.71. The van der Waals surface area contributed by atoms with Crippen molar-refractivity contribution >= 4 is 13.3 Å². The molecule has 0 heterocycles. The van der Waals surface area contributed by atoms with Gasteiger partial charge in [-0.1, -0.05) is 0 Å². The molecular formula is CHNa3O5P+. The molecule has 0 saturated carbocycles. The van der Waals surface area contributed by atoms with Crippen LogP contribution >= 0.6 is 7.60 Å². The zero-order valence-electron chi connectivity index (χ0n) is 6.03. The monoisotopic (exact) mass is 193 g/mol. The fourth-order valence-corrected chi connectivity index (χ4v) is 0. The molecule has 0 amide bonds. The van der Waals surface area contributed by atoms with Gasteiger partial charge in [0.1, 0.15) is 0 Å². The first-order valence-electron chi connectivity index (χ1n) is 1.20. The van der Waals surface area contributed by atoms with Crippen molar-refractivity contribution in [2.24, 2.45) is 0 Å². The summed E-state index contributed by atoms with van der Waals surface area (Å²) in [5.41, 5.74) is -2.31. The van der Waals surface area contributed by atoms with E-state index in [1.54, 1.807) is 0 Å². The van der Waals surface area contributed by atoms with Crippen molar-refractivity contribution in [1.82, 2.24) is 0 Å². The SMILES string of the molecule is O=C(O)P(=O)([O-])[O-].[Na+].[Na+].[Na+]. The minimum absolute atomic E-state index is 0. The molecule has 0 radical (unpaired) electrons. The molecular weight excluding hydrogens is 192 g/mol. The van der Waals surface area contributed by atoms with Crippen LogP contribution in [0.4, 0.5) is 4.79 Å². The molecule has 0 fully saturated rings. The van der Waals surface area contributed by atoms with E-state index in [-0.39, 0.29) is 88.7 Å². The Hall–Kier alpha value is 2.62. The summed E-state index contributed by atoms with van der Waals surface area (Å²) in [6.45, 7) is 0. The van der Waals surface area contributed by atoms with Crippen molar-refractivity contribution in [2.45, 2.75) is 0 Å². The third-order valence-corrected chi connectivity index (χ3v) is 0.703. The molecule has 10 heavy (non-hydrogen) atoms. The standard InChI is InChI=1S/CH3O5P.3Na/c2-1(3)7(4,5)6;;;/h(H,2,3)(H2,4,5,6);;;/q;3*+1/p-2. The van der Waals surface area contributed by atoms with Crippen LogP contribution in [0.2, 0.25) is 0 Å². The first-order chi connectivity index (χ1) is 2.94. The Balaban J connectivity index is -0.0000000600. The molecule has 0 aromatic rings. The predicted molar refractivity (Wildman–Crippen MR) is 15.6 cm³/mol. The average Bonchev–Trinajstić information content (AvgIpc) is 1.31. The van der Waals surface area contributed by atoms with Crippen LogP contribution in [0.5, 0.6) is 0 Å². The molecule has 1 N–H and O–H groups in total. The Morgan fingerprint density at radius 2 is 1.30 bits per heavy atom. The third kappa shape index (κ3) is 13.2. The number of hydrogen-bond donors (Lipinski definition) is 1. The Labute approximate surface area is 124 Å². The maximum absolute atomic E-state index is 9.20. The van der Waals surface area contributed by atoms with E-state index < -0.39 is 13.3 Å². The van der Waals surface area contributed by atoms with Crippen molar-refractivity contribution in [3.63, 3.8) is 0 Å². The molecule has 0 aromatic carbocycles. The summed E-state index contributed by atoms with van der Waals surface area (Å²) in [6, 6.07) is 0. The van der Waals surface area contributed by atoms with E-state index in [9.17, 15) is 14.4 Å². The van der Waals surface area contributed by atoms with Gasteiger partial charge in [0.2, 0.25) is 0 Å². The topological polar surface area (TPSA) is 100 Å². The van der Waals surface area contributed by atoms with E-state index in [0.29, 0.717) is 0 Å². The van der Waals surface area contributed by atoms with Crippen LogP contribution < -0.4 is 98.5 Å². The Morgan fingerprint density at radius 3 is 1.30 bits per heavy atom. The van der Waals surface area contributed by atoms with Gasteiger partial charge >= 0.3 is 94.4 Å². The molecule has 42 valence electrons. The van der Waals surface area contributed by atoms with Gasteiger partial charge in [0.25, 0.3) is 0 Å². The van der Waals surface area contributed by atoms with Gasteiger partial charge in [-0.05, 0) is 0 Å². The van der Waals surface area contributed by atoms with Crippen LogP contribution in [-0.2, 0) is 4.57 Å². The van der Waals surface area contributed by atoms with Crippen LogP contribution in [0.1, 0.15) is 0 Å². The third-order valence-electron chi connectivity index (χ3n) is 0.234. The van der Waals surface area contributed by atoms with Gasteiger partial charge < -0.3 is 19.5 Å². The van der Waals surface area contributed by atoms with E-state index in [4.69, 9.17) is 9.90 Å². The van der Waals surface area contributed by atoms with E-state index in [1.807, 2.05) is 0 Å². The largest absolute Gasteiger partial charge is 1.00 e. The normalized spacial score (nSPS) is 7.80. The summed E-state index contributed by atoms with van der Waals surface area (Å²) in [5.74, 6) is 0. The fourth-order valence-electron chi connectivity index (χ4n) is 0. The molecule has 0 aliphatic carbocycles. The van der Waals surface area contributed by atoms with Gasteiger partial charge in [0.15, 0.2) is 0 Å². The Bertz CT molecular complexity index is 129. The summed E-state index contributed by atoms with van der Waals surface area (Å²) >= 11 is 0. The van der Waals surface area contributed by atoms with Crippen LogP contribution in [0, 0.1) is 0 Å². The summed E-state index contributed by atoms with van der Waals surface area (Å²) < 4.78 is 9.20. The molecule has 0 unspecified atom stereocenters. The molecule has 0 rings (SSSR count). The molecule has 9 heteroatoms.